The summed E-state index contributed by atoms with van der Waals surface area (Å²) in [4.78, 5) is 0. The second-order valence-corrected chi connectivity index (χ2v) is 24.1. The Morgan fingerprint density at radius 3 is 1.08 bits per heavy atom. The maximum Gasteiger partial charge on any atom is 5.00 e. The molecule has 3 unspecified atom stereocenters. The topological polar surface area (TPSA) is 113 Å². The van der Waals surface area contributed by atoms with E-state index in [1.54, 1.807) is 5.92 Å². The third kappa shape index (κ3) is 31.9. The summed E-state index contributed by atoms with van der Waals surface area (Å²) in [5.41, 5.74) is 2.49. The first-order valence-electron chi connectivity index (χ1n) is 25.4. The van der Waals surface area contributed by atoms with Crippen molar-refractivity contribution in [3.8, 4) is 23.8 Å². The van der Waals surface area contributed by atoms with Gasteiger partial charge in [0.15, 0.2) is 0 Å². The Balaban J connectivity index is 0.000000395. The first-order chi connectivity index (χ1) is 30.3. The molecule has 3 atom stereocenters. The molecular formula is C53H86N8Ru2Si. The van der Waals surface area contributed by atoms with E-state index >= 15 is 0 Å². The smallest absolute Gasteiger partial charge is 0.701 e. The van der Waals surface area contributed by atoms with E-state index in [1.165, 1.54) is 186 Å². The Labute approximate surface area is 422 Å². The number of rotatable bonds is 8. The molecule has 11 heteroatoms. The van der Waals surface area contributed by atoms with E-state index in [-0.39, 0.29) is 39.0 Å². The Kier molecular flexibility index (Phi) is 38.1. The van der Waals surface area contributed by atoms with Crippen molar-refractivity contribution < 1.29 is 39.0 Å². The molecule has 8 rings (SSSR count). The molecule has 4 aliphatic carbocycles. The average molecular weight is 1070 g/mol. The Bertz CT molecular complexity index is 1140. The largest absolute Gasteiger partial charge is 5.00 e. The summed E-state index contributed by atoms with van der Waals surface area (Å²) in [7, 11) is -1.21. The van der Waals surface area contributed by atoms with Gasteiger partial charge in [0.2, 0.25) is 0 Å². The van der Waals surface area contributed by atoms with Crippen molar-refractivity contribution in [3.63, 3.8) is 0 Å². The van der Waals surface area contributed by atoms with Gasteiger partial charge < -0.3 is 60.9 Å². The monoisotopic (exact) mass is 1070 g/mol. The van der Waals surface area contributed by atoms with Gasteiger partial charge in [0.25, 0.3) is 0 Å². The maximum atomic E-state index is 6.67. The summed E-state index contributed by atoms with van der Waals surface area (Å²) in [6.07, 6.45) is 63.0. The van der Waals surface area contributed by atoms with Crippen LogP contribution in [0.25, 0.3) is 42.5 Å². The zero-order valence-corrected chi connectivity index (χ0v) is 44.9. The number of hydrogen-bond acceptors (Lipinski definition) is 0. The van der Waals surface area contributed by atoms with Gasteiger partial charge in [-0.05, 0) is 0 Å². The molecule has 4 saturated carbocycles. The molecule has 64 heavy (non-hydrogen) atoms. The van der Waals surface area contributed by atoms with Crippen LogP contribution in [-0.4, -0.2) is 76.9 Å². The number of piperidine rings is 3. The Morgan fingerprint density at radius 2 is 0.828 bits per heavy atom. The van der Waals surface area contributed by atoms with Gasteiger partial charge in [0.05, 0.1) is 8.07 Å². The zero-order chi connectivity index (χ0) is 44.4. The fourth-order valence-electron chi connectivity index (χ4n) is 8.99. The van der Waals surface area contributed by atoms with Gasteiger partial charge in [-0.3, -0.25) is 17.7 Å². The number of allylic oxidation sites excluding steroid dienone is 2. The molecule has 0 bridgehead atoms. The Hall–Kier alpha value is -1.02. The summed E-state index contributed by atoms with van der Waals surface area (Å²) in [5, 5.41) is 37.1. The molecular weight excluding hydrogens is 979 g/mol. The van der Waals surface area contributed by atoms with Crippen LogP contribution < -0.4 is 0 Å². The molecule has 2 radical (unpaired) electrons. The summed E-state index contributed by atoms with van der Waals surface area (Å²) in [5.74, 6) is 4.51. The minimum Gasteiger partial charge on any atom is -0.701 e. The van der Waals surface area contributed by atoms with E-state index in [0.717, 1.165) is 32.0 Å². The first-order valence-corrected chi connectivity index (χ1v) is 28.9. The molecule has 0 amide bonds. The van der Waals surface area contributed by atoms with Crippen LogP contribution in [0.2, 0.25) is 19.6 Å². The minimum absolute atomic E-state index is 0. The number of hydrogen-bond donors (Lipinski definition) is 0. The fraction of sp³-hybridized carbons (Fsp3) is 0.811. The van der Waals surface area contributed by atoms with E-state index in [1.807, 2.05) is 12.0 Å². The van der Waals surface area contributed by atoms with Crippen molar-refractivity contribution >= 4 is 8.07 Å². The van der Waals surface area contributed by atoms with Crippen LogP contribution in [0, 0.1) is 36.7 Å². The van der Waals surface area contributed by atoms with Gasteiger partial charge in [0.1, 0.15) is 0 Å². The van der Waals surface area contributed by atoms with E-state index in [2.05, 4.69) is 70.3 Å². The van der Waals surface area contributed by atoms with Crippen LogP contribution in [0.5, 0.6) is 0 Å². The molecule has 0 aromatic rings. The van der Waals surface area contributed by atoms with Crippen molar-refractivity contribution in [3.05, 3.63) is 79.4 Å². The number of terminal acetylenes is 1. The van der Waals surface area contributed by atoms with Crippen LogP contribution in [0.15, 0.2) is 24.0 Å². The summed E-state index contributed by atoms with van der Waals surface area (Å²) in [6.45, 7) is 10.2. The molecule has 0 aromatic carbocycles. The van der Waals surface area contributed by atoms with Crippen molar-refractivity contribution in [1.82, 2.24) is 0 Å². The molecule has 8 aliphatic rings. The third-order valence-corrected chi connectivity index (χ3v) is 13.3. The molecule has 4 heterocycles. The second-order valence-electron chi connectivity index (χ2n) is 19.3. The Morgan fingerprint density at radius 1 is 0.516 bits per heavy atom. The van der Waals surface area contributed by atoms with Crippen molar-refractivity contribution in [1.29, 1.82) is 0 Å². The van der Waals surface area contributed by atoms with E-state index in [4.69, 9.17) is 28.8 Å². The van der Waals surface area contributed by atoms with Gasteiger partial charge in [-0.2, -0.15) is 0 Å². The normalized spacial score (nSPS) is 25.3. The molecule has 0 aromatic heterocycles. The van der Waals surface area contributed by atoms with E-state index < -0.39 is 8.07 Å². The second kappa shape index (κ2) is 39.9. The predicted octanol–water partition coefficient (Wildman–Crippen LogP) is 15.9. The SMILES string of the molecule is C1=CC[N-]C([N-]C2CCCCC2)=C1.C1CCC([N-]C2CCCC[N-]2)CC1.C1CCC([N-]C2CCCC[N-]2)CC1.C1CCC([N-]C2CCCC[N-]2)CC1.[C-]#CC#C.[C-]#C[Si](C)(C)C.[Ru+5].[Ru+5]. The molecule has 0 spiro atoms. The summed E-state index contributed by atoms with van der Waals surface area (Å²) < 4.78 is 0. The van der Waals surface area contributed by atoms with E-state index in [0.29, 0.717) is 42.7 Å². The summed E-state index contributed by atoms with van der Waals surface area (Å²) >= 11 is 0. The van der Waals surface area contributed by atoms with Crippen LogP contribution in [0.1, 0.15) is 186 Å². The average Bonchev–Trinajstić information content (AvgIpc) is 3.32. The summed E-state index contributed by atoms with van der Waals surface area (Å²) in [6, 6.07) is 2.51. The minimum atomic E-state index is -1.21. The van der Waals surface area contributed by atoms with Gasteiger partial charge in [-0.25, -0.2) is 24.9 Å². The van der Waals surface area contributed by atoms with Gasteiger partial charge in [-0.1, -0.05) is 218 Å². The van der Waals surface area contributed by atoms with E-state index in [9.17, 15) is 0 Å². The molecule has 0 N–H and O–H groups in total. The number of nitrogens with zero attached hydrogens (tertiary/aromatic N) is 8. The van der Waals surface area contributed by atoms with Gasteiger partial charge >= 0.3 is 39.0 Å². The zero-order valence-electron chi connectivity index (χ0n) is 40.5. The van der Waals surface area contributed by atoms with Crippen LogP contribution in [0.4, 0.5) is 0 Å². The molecule has 8 nitrogen and oxygen atoms in total. The quantitative estimate of drug-likeness (QED) is 0.131. The first kappa shape index (κ1) is 61.0. The van der Waals surface area contributed by atoms with Crippen molar-refractivity contribution in [2.24, 2.45) is 0 Å². The molecule has 358 valence electrons. The molecule has 3 saturated heterocycles. The van der Waals surface area contributed by atoms with Gasteiger partial charge in [-0.15, -0.1) is 56.4 Å². The maximum absolute atomic E-state index is 6.67. The van der Waals surface area contributed by atoms with Crippen LogP contribution in [0.3, 0.4) is 0 Å². The fourth-order valence-corrected chi connectivity index (χ4v) is 8.99. The predicted molar refractivity (Wildman–Crippen MR) is 270 cm³/mol. The van der Waals surface area contributed by atoms with Crippen LogP contribution >= 0.6 is 0 Å². The molecule has 7 fully saturated rings. The van der Waals surface area contributed by atoms with Gasteiger partial charge in [0, 0.05) is 0 Å². The van der Waals surface area contributed by atoms with Crippen LogP contribution in [-0.2, 0) is 39.0 Å². The third-order valence-electron chi connectivity index (χ3n) is 12.6. The molecule has 4 aliphatic heterocycles. The van der Waals surface area contributed by atoms with Crippen molar-refractivity contribution in [2.45, 2.75) is 249 Å². The standard InChI is InChI=1S/3C11H20N2.C11H16N2.C5H9Si.C4H.2Ru/c4*1-2-6-10(7-3-1)13-11-8-4-5-9-12-11;1-5-6(2,3)4;1-3-4-2;;/h3*10-11H,1-9H2;4-5,8,10H,1-3,6-7,9H2;2-4H3;1H;;/q4*-2;2*-1;2*+5. The van der Waals surface area contributed by atoms with Crippen molar-refractivity contribution in [2.75, 3.05) is 26.2 Å².